The van der Waals surface area contributed by atoms with Crippen LogP contribution in [0.1, 0.15) is 24.1 Å². The summed E-state index contributed by atoms with van der Waals surface area (Å²) in [5.41, 5.74) is 2.92. The van der Waals surface area contributed by atoms with E-state index < -0.39 is 10.0 Å². The van der Waals surface area contributed by atoms with Crippen LogP contribution in [0, 0.1) is 0 Å². The highest BCUT2D eigenvalue weighted by Crippen LogP contribution is 2.35. The summed E-state index contributed by atoms with van der Waals surface area (Å²) in [6.45, 7) is 2.45. The van der Waals surface area contributed by atoms with Gasteiger partial charge in [-0.25, -0.2) is 13.4 Å². The highest BCUT2D eigenvalue weighted by Gasteiger charge is 2.33. The second-order valence-corrected chi connectivity index (χ2v) is 8.39. The lowest BCUT2D eigenvalue weighted by Gasteiger charge is -2.35. The summed E-state index contributed by atoms with van der Waals surface area (Å²) in [6.07, 6.45) is 7.03. The molecule has 26 heavy (non-hydrogen) atoms. The zero-order valence-electron chi connectivity index (χ0n) is 14.6. The predicted octanol–water partition coefficient (Wildman–Crippen LogP) is 3.44. The van der Waals surface area contributed by atoms with E-state index >= 15 is 0 Å². The van der Waals surface area contributed by atoms with Gasteiger partial charge in [0.2, 0.25) is 0 Å². The molecule has 0 bridgehead atoms. The molecule has 3 aromatic rings. The minimum atomic E-state index is -3.62. The molecule has 0 spiro atoms. The number of sulfonamides is 1. The van der Waals surface area contributed by atoms with Crippen molar-refractivity contribution in [2.75, 3.05) is 10.8 Å². The summed E-state index contributed by atoms with van der Waals surface area (Å²) in [5, 5.41) is 0. The number of rotatable bonds is 4. The number of hydrogen-bond donors (Lipinski definition) is 0. The summed E-state index contributed by atoms with van der Waals surface area (Å²) in [4.78, 5) is 4.44. The molecule has 1 atom stereocenters. The topological polar surface area (TPSA) is 55.2 Å². The van der Waals surface area contributed by atoms with Crippen LogP contribution in [0.5, 0.6) is 0 Å². The number of fused-ring (bicyclic) bond motifs is 1. The molecule has 134 valence electrons. The van der Waals surface area contributed by atoms with Gasteiger partial charge < -0.3 is 4.57 Å². The van der Waals surface area contributed by atoms with Gasteiger partial charge in [-0.3, -0.25) is 4.31 Å². The molecule has 0 fully saturated rings. The molecular weight excluding hydrogens is 346 g/mol. The van der Waals surface area contributed by atoms with Gasteiger partial charge in [0.15, 0.2) is 0 Å². The van der Waals surface area contributed by atoms with Crippen molar-refractivity contribution in [1.82, 2.24) is 9.55 Å². The molecule has 1 unspecified atom stereocenters. The quantitative estimate of drug-likeness (QED) is 0.710. The van der Waals surface area contributed by atoms with Gasteiger partial charge in [-0.1, -0.05) is 37.3 Å². The Balaban J connectivity index is 1.77. The monoisotopic (exact) mass is 367 g/mol. The van der Waals surface area contributed by atoms with Crippen LogP contribution in [0.15, 0.2) is 72.1 Å². The first-order valence-corrected chi connectivity index (χ1v) is 10.2. The largest absolute Gasteiger partial charge is 0.332 e. The third-order valence-corrected chi connectivity index (χ3v) is 6.75. The molecule has 2 aromatic carbocycles. The highest BCUT2D eigenvalue weighted by atomic mass is 32.2. The standard InChI is InChI=1S/C20H21N3O2S/c1-2-16-7-9-19(10-8-16)26(24,25)23-14-18(22-12-11-21-15-22)13-17-5-3-4-6-20(17)23/h3-12,15,18H,2,13-14H2,1H3. The van der Waals surface area contributed by atoms with Gasteiger partial charge in [0, 0.05) is 12.4 Å². The first-order valence-electron chi connectivity index (χ1n) is 8.76. The van der Waals surface area contributed by atoms with Gasteiger partial charge in [0.25, 0.3) is 10.0 Å². The lowest BCUT2D eigenvalue weighted by atomic mass is 10.00. The Morgan fingerprint density at radius 3 is 2.58 bits per heavy atom. The molecule has 4 rings (SSSR count). The zero-order valence-corrected chi connectivity index (χ0v) is 15.4. The fraction of sp³-hybridized carbons (Fsp3) is 0.250. The van der Waals surface area contributed by atoms with E-state index in [0.717, 1.165) is 29.7 Å². The lowest BCUT2D eigenvalue weighted by molar-refractivity contribution is 0.487. The zero-order chi connectivity index (χ0) is 18.1. The van der Waals surface area contributed by atoms with Crippen LogP contribution in [0.3, 0.4) is 0 Å². The molecule has 0 N–H and O–H groups in total. The van der Waals surface area contributed by atoms with Crippen LogP contribution in [0.25, 0.3) is 0 Å². The Morgan fingerprint density at radius 1 is 1.12 bits per heavy atom. The Bertz CT molecular complexity index is 996. The van der Waals surface area contributed by atoms with Gasteiger partial charge in [-0.05, 0) is 42.2 Å². The smallest absolute Gasteiger partial charge is 0.264 e. The van der Waals surface area contributed by atoms with Gasteiger partial charge in [0.05, 0.1) is 29.5 Å². The van der Waals surface area contributed by atoms with E-state index in [2.05, 4.69) is 11.9 Å². The summed E-state index contributed by atoms with van der Waals surface area (Å²) >= 11 is 0. The highest BCUT2D eigenvalue weighted by molar-refractivity contribution is 7.92. The van der Waals surface area contributed by atoms with Crippen molar-refractivity contribution in [2.24, 2.45) is 0 Å². The third kappa shape index (κ3) is 2.90. The van der Waals surface area contributed by atoms with E-state index in [1.54, 1.807) is 24.7 Å². The molecule has 0 aliphatic carbocycles. The third-order valence-electron chi connectivity index (χ3n) is 4.96. The predicted molar refractivity (Wildman–Crippen MR) is 102 cm³/mol. The van der Waals surface area contributed by atoms with Crippen LogP contribution in [0.4, 0.5) is 5.69 Å². The SMILES string of the molecule is CCc1ccc(S(=O)(=O)N2CC(n3ccnc3)Cc3ccccc32)cc1. The van der Waals surface area contributed by atoms with E-state index in [4.69, 9.17) is 0 Å². The lowest BCUT2D eigenvalue weighted by Crippen LogP contribution is -2.40. The van der Waals surface area contributed by atoms with Crippen LogP contribution in [-0.4, -0.2) is 24.5 Å². The number of anilines is 1. The van der Waals surface area contributed by atoms with E-state index in [1.807, 2.05) is 47.2 Å². The molecule has 1 aromatic heterocycles. The number of para-hydroxylation sites is 1. The van der Waals surface area contributed by atoms with Gasteiger partial charge in [-0.15, -0.1) is 0 Å². The molecule has 6 heteroatoms. The minimum Gasteiger partial charge on any atom is -0.332 e. The summed E-state index contributed by atoms with van der Waals surface area (Å²) in [7, 11) is -3.62. The Labute approximate surface area is 154 Å². The number of nitrogens with zero attached hydrogens (tertiary/aromatic N) is 3. The number of imidazole rings is 1. The molecule has 2 heterocycles. The average Bonchev–Trinajstić information content (AvgIpc) is 3.22. The van der Waals surface area contributed by atoms with Crippen molar-refractivity contribution < 1.29 is 8.42 Å². The van der Waals surface area contributed by atoms with Gasteiger partial charge >= 0.3 is 0 Å². The van der Waals surface area contributed by atoms with Gasteiger partial charge in [0.1, 0.15) is 0 Å². The maximum absolute atomic E-state index is 13.4. The normalized spacial score (nSPS) is 17.1. The van der Waals surface area contributed by atoms with Crippen LogP contribution >= 0.6 is 0 Å². The first-order chi connectivity index (χ1) is 12.6. The molecule has 5 nitrogen and oxygen atoms in total. The Hall–Kier alpha value is -2.60. The molecule has 1 aliphatic heterocycles. The van der Waals surface area contributed by atoms with E-state index in [-0.39, 0.29) is 6.04 Å². The molecule has 0 amide bonds. The van der Waals surface area contributed by atoms with Crippen LogP contribution in [0.2, 0.25) is 0 Å². The van der Waals surface area contributed by atoms with Crippen molar-refractivity contribution in [2.45, 2.75) is 30.7 Å². The summed E-state index contributed by atoms with van der Waals surface area (Å²) < 4.78 is 30.3. The maximum atomic E-state index is 13.4. The molecule has 0 saturated heterocycles. The number of aromatic nitrogens is 2. The minimum absolute atomic E-state index is 0.0251. The molecule has 0 saturated carbocycles. The Morgan fingerprint density at radius 2 is 1.88 bits per heavy atom. The fourth-order valence-corrected chi connectivity index (χ4v) is 5.01. The maximum Gasteiger partial charge on any atom is 0.264 e. The number of aryl methyl sites for hydroxylation is 1. The fourth-order valence-electron chi connectivity index (χ4n) is 3.47. The van der Waals surface area contributed by atoms with E-state index in [1.165, 1.54) is 4.31 Å². The van der Waals surface area contributed by atoms with Crippen molar-refractivity contribution in [3.8, 4) is 0 Å². The second kappa shape index (κ2) is 6.61. The van der Waals surface area contributed by atoms with Crippen LogP contribution < -0.4 is 4.31 Å². The number of benzene rings is 2. The Kier molecular flexibility index (Phi) is 4.28. The van der Waals surface area contributed by atoms with E-state index in [0.29, 0.717) is 11.4 Å². The van der Waals surface area contributed by atoms with Crippen LogP contribution in [-0.2, 0) is 22.9 Å². The van der Waals surface area contributed by atoms with Crippen molar-refractivity contribution in [3.63, 3.8) is 0 Å². The van der Waals surface area contributed by atoms with Crippen molar-refractivity contribution in [3.05, 3.63) is 78.4 Å². The molecule has 1 aliphatic rings. The van der Waals surface area contributed by atoms with Crippen molar-refractivity contribution >= 4 is 15.7 Å². The number of hydrogen-bond acceptors (Lipinski definition) is 3. The molecular formula is C20H21N3O2S. The average molecular weight is 367 g/mol. The summed E-state index contributed by atoms with van der Waals surface area (Å²) in [5.74, 6) is 0. The second-order valence-electron chi connectivity index (χ2n) is 6.53. The summed E-state index contributed by atoms with van der Waals surface area (Å²) in [6, 6.07) is 14.9. The molecule has 0 radical (unpaired) electrons. The van der Waals surface area contributed by atoms with E-state index in [9.17, 15) is 8.42 Å². The first kappa shape index (κ1) is 16.8. The van der Waals surface area contributed by atoms with Gasteiger partial charge in [-0.2, -0.15) is 0 Å². The van der Waals surface area contributed by atoms with Crippen molar-refractivity contribution in [1.29, 1.82) is 0 Å².